The average Bonchev–Trinajstić information content (AvgIpc) is 3.24. The number of likely N-dealkylation sites (tertiary alicyclic amines) is 1. The fourth-order valence-corrected chi connectivity index (χ4v) is 4.05. The van der Waals surface area contributed by atoms with Crippen LogP contribution in [0.1, 0.15) is 31.0 Å². The number of hydrogen-bond acceptors (Lipinski definition) is 5. The van der Waals surface area contributed by atoms with Crippen LogP contribution < -0.4 is 5.32 Å². The van der Waals surface area contributed by atoms with Gasteiger partial charge < -0.3 is 15.0 Å². The molecular formula is C25H28FN5O3. The molecule has 1 N–H and O–H groups in total. The topological polar surface area (TPSA) is 89.4 Å². The molecule has 1 aliphatic heterocycles. The van der Waals surface area contributed by atoms with Gasteiger partial charge in [-0.3, -0.25) is 14.5 Å². The molecule has 2 amide bonds. The molecule has 0 spiro atoms. The molecule has 1 aliphatic rings. The zero-order chi connectivity index (χ0) is 23.9. The Bertz CT molecular complexity index is 1110. The minimum atomic E-state index is -0.419. The Kier molecular flexibility index (Phi) is 7.51. The van der Waals surface area contributed by atoms with E-state index in [0.717, 1.165) is 22.5 Å². The van der Waals surface area contributed by atoms with E-state index in [-0.39, 0.29) is 24.3 Å². The second-order valence-corrected chi connectivity index (χ2v) is 8.24. The zero-order valence-electron chi connectivity index (χ0n) is 19.1. The molecule has 2 aromatic heterocycles. The monoisotopic (exact) mass is 465 g/mol. The lowest BCUT2D eigenvalue weighted by atomic mass is 10.1. The third-order valence-electron chi connectivity index (χ3n) is 5.87. The summed E-state index contributed by atoms with van der Waals surface area (Å²) in [5, 5.41) is 7.54. The smallest absolute Gasteiger partial charge is 0.407 e. The quantitative estimate of drug-likeness (QED) is 0.578. The van der Waals surface area contributed by atoms with Gasteiger partial charge in [0.2, 0.25) is 5.91 Å². The fourth-order valence-electron chi connectivity index (χ4n) is 4.05. The van der Waals surface area contributed by atoms with Crippen LogP contribution in [0.2, 0.25) is 0 Å². The summed E-state index contributed by atoms with van der Waals surface area (Å²) < 4.78 is 20.0. The van der Waals surface area contributed by atoms with Crippen molar-refractivity contribution >= 4 is 12.0 Å². The molecule has 0 radical (unpaired) electrons. The van der Waals surface area contributed by atoms with E-state index in [4.69, 9.17) is 9.84 Å². The molecular weight excluding hydrogens is 437 g/mol. The van der Waals surface area contributed by atoms with E-state index in [1.165, 1.54) is 12.1 Å². The number of alkyl carbamates (subject to hydrolysis) is 1. The third kappa shape index (κ3) is 5.98. The third-order valence-corrected chi connectivity index (χ3v) is 5.87. The lowest BCUT2D eigenvalue weighted by Gasteiger charge is -2.32. The van der Waals surface area contributed by atoms with E-state index in [2.05, 4.69) is 10.3 Å². The number of rotatable bonds is 7. The molecule has 1 saturated heterocycles. The van der Waals surface area contributed by atoms with E-state index in [1.807, 2.05) is 18.2 Å². The van der Waals surface area contributed by atoms with Crippen LogP contribution in [0.5, 0.6) is 0 Å². The van der Waals surface area contributed by atoms with Crippen LogP contribution in [0.25, 0.3) is 11.3 Å². The molecule has 0 bridgehead atoms. The van der Waals surface area contributed by atoms with Crippen molar-refractivity contribution in [2.75, 3.05) is 19.7 Å². The van der Waals surface area contributed by atoms with Gasteiger partial charge >= 0.3 is 6.09 Å². The highest BCUT2D eigenvalue weighted by atomic mass is 19.1. The van der Waals surface area contributed by atoms with Crippen molar-refractivity contribution in [1.29, 1.82) is 0 Å². The van der Waals surface area contributed by atoms with Gasteiger partial charge in [-0.2, -0.15) is 5.10 Å². The summed E-state index contributed by atoms with van der Waals surface area (Å²) >= 11 is 0. The molecule has 3 heterocycles. The molecule has 34 heavy (non-hydrogen) atoms. The first-order valence-corrected chi connectivity index (χ1v) is 11.4. The SMILES string of the molecule is CCOC(=O)NC1CCN(C(=O)Cn2nc(-c3ccncc3)cc2Cc2ccc(F)cc2)CC1. The van der Waals surface area contributed by atoms with Crippen molar-refractivity contribution in [2.45, 2.75) is 38.8 Å². The Morgan fingerprint density at radius 3 is 2.50 bits per heavy atom. The van der Waals surface area contributed by atoms with Gasteiger partial charge in [-0.1, -0.05) is 12.1 Å². The van der Waals surface area contributed by atoms with Crippen LogP contribution in [0.15, 0.2) is 54.9 Å². The van der Waals surface area contributed by atoms with Crippen LogP contribution in [-0.4, -0.2) is 57.4 Å². The van der Waals surface area contributed by atoms with Gasteiger partial charge in [-0.15, -0.1) is 0 Å². The van der Waals surface area contributed by atoms with E-state index >= 15 is 0 Å². The van der Waals surface area contributed by atoms with Gasteiger partial charge in [0.1, 0.15) is 12.4 Å². The highest BCUT2D eigenvalue weighted by molar-refractivity contribution is 5.76. The molecule has 0 atom stereocenters. The van der Waals surface area contributed by atoms with E-state index in [0.29, 0.717) is 39.0 Å². The van der Waals surface area contributed by atoms with E-state index in [9.17, 15) is 14.0 Å². The molecule has 0 saturated carbocycles. The number of pyridine rings is 1. The van der Waals surface area contributed by atoms with Crippen molar-refractivity contribution < 1.29 is 18.7 Å². The number of piperidine rings is 1. The first-order valence-electron chi connectivity index (χ1n) is 11.4. The maximum absolute atomic E-state index is 13.3. The fraction of sp³-hybridized carbons (Fsp3) is 0.360. The number of amides is 2. The lowest BCUT2D eigenvalue weighted by Crippen LogP contribution is -2.47. The standard InChI is InChI=1S/C25H28FN5O3/c1-2-34-25(33)28-21-9-13-30(14-10-21)24(32)17-31-22(15-18-3-5-20(26)6-4-18)16-23(29-31)19-7-11-27-12-8-19/h3-8,11-12,16,21H,2,9-10,13-15,17H2,1H3,(H,28,33). The Hall–Kier alpha value is -3.75. The van der Waals surface area contributed by atoms with Crippen molar-refractivity contribution in [2.24, 2.45) is 0 Å². The van der Waals surface area contributed by atoms with Crippen LogP contribution in [0.4, 0.5) is 9.18 Å². The van der Waals surface area contributed by atoms with E-state index < -0.39 is 6.09 Å². The predicted molar refractivity (Wildman–Crippen MR) is 124 cm³/mol. The van der Waals surface area contributed by atoms with Gasteiger partial charge in [0, 0.05) is 49.2 Å². The number of halogens is 1. The number of nitrogens with zero attached hydrogens (tertiary/aromatic N) is 4. The van der Waals surface area contributed by atoms with Crippen LogP contribution >= 0.6 is 0 Å². The van der Waals surface area contributed by atoms with Crippen molar-refractivity contribution in [3.63, 3.8) is 0 Å². The minimum absolute atomic E-state index is 0.000123. The number of carbonyl (C=O) groups is 2. The first kappa shape index (κ1) is 23.4. The van der Waals surface area contributed by atoms with Gasteiger partial charge in [-0.05, 0) is 55.7 Å². The van der Waals surface area contributed by atoms with Crippen LogP contribution in [0, 0.1) is 5.82 Å². The van der Waals surface area contributed by atoms with Crippen LogP contribution in [0.3, 0.4) is 0 Å². The number of nitrogens with one attached hydrogen (secondary N) is 1. The van der Waals surface area contributed by atoms with Gasteiger partial charge in [-0.25, -0.2) is 9.18 Å². The maximum atomic E-state index is 13.3. The van der Waals surface area contributed by atoms with Crippen molar-refractivity contribution in [1.82, 2.24) is 25.0 Å². The summed E-state index contributed by atoms with van der Waals surface area (Å²) in [7, 11) is 0. The number of benzene rings is 1. The summed E-state index contributed by atoms with van der Waals surface area (Å²) in [5.41, 5.74) is 3.46. The molecule has 0 aliphatic carbocycles. The van der Waals surface area contributed by atoms with Crippen molar-refractivity contribution in [3.05, 3.63) is 71.9 Å². The molecule has 8 nitrogen and oxygen atoms in total. The highest BCUT2D eigenvalue weighted by Gasteiger charge is 2.25. The van der Waals surface area contributed by atoms with Gasteiger partial charge in [0.25, 0.3) is 0 Å². The second kappa shape index (κ2) is 10.9. The van der Waals surface area contributed by atoms with Crippen LogP contribution in [-0.2, 0) is 22.5 Å². The van der Waals surface area contributed by atoms with Gasteiger partial charge in [0.05, 0.1) is 12.3 Å². The second-order valence-electron chi connectivity index (χ2n) is 8.24. The molecule has 1 fully saturated rings. The molecule has 9 heteroatoms. The Labute approximate surface area is 197 Å². The number of carbonyl (C=O) groups excluding carboxylic acids is 2. The summed E-state index contributed by atoms with van der Waals surface area (Å²) in [6.45, 7) is 3.32. The Morgan fingerprint density at radius 2 is 1.82 bits per heavy atom. The number of aromatic nitrogens is 3. The summed E-state index contributed by atoms with van der Waals surface area (Å²) in [4.78, 5) is 30.6. The van der Waals surface area contributed by atoms with E-state index in [1.54, 1.807) is 41.0 Å². The number of ether oxygens (including phenoxy) is 1. The predicted octanol–water partition coefficient (Wildman–Crippen LogP) is 3.41. The normalized spacial score (nSPS) is 14.1. The number of hydrogen-bond donors (Lipinski definition) is 1. The molecule has 3 aromatic rings. The minimum Gasteiger partial charge on any atom is -0.450 e. The molecule has 4 rings (SSSR count). The molecule has 1 aromatic carbocycles. The van der Waals surface area contributed by atoms with Crippen molar-refractivity contribution in [3.8, 4) is 11.3 Å². The molecule has 178 valence electrons. The molecule has 0 unspecified atom stereocenters. The zero-order valence-corrected chi connectivity index (χ0v) is 19.1. The summed E-state index contributed by atoms with van der Waals surface area (Å²) in [6.07, 6.45) is 4.86. The Balaban J connectivity index is 1.45. The Morgan fingerprint density at radius 1 is 1.12 bits per heavy atom. The first-order chi connectivity index (χ1) is 16.5. The lowest BCUT2D eigenvalue weighted by molar-refractivity contribution is -0.133. The largest absolute Gasteiger partial charge is 0.450 e. The summed E-state index contributed by atoms with van der Waals surface area (Å²) in [5.74, 6) is -0.315. The average molecular weight is 466 g/mol. The highest BCUT2D eigenvalue weighted by Crippen LogP contribution is 2.21. The summed E-state index contributed by atoms with van der Waals surface area (Å²) in [6, 6.07) is 12.0. The van der Waals surface area contributed by atoms with Gasteiger partial charge in [0.15, 0.2) is 0 Å². The maximum Gasteiger partial charge on any atom is 0.407 e.